The molecule has 0 radical (unpaired) electrons. The maximum absolute atomic E-state index is 11.6. The van der Waals surface area contributed by atoms with Gasteiger partial charge >= 0.3 is 0 Å². The fourth-order valence-corrected chi connectivity index (χ4v) is 1.93. The fourth-order valence-electron chi connectivity index (χ4n) is 1.80. The van der Waals surface area contributed by atoms with Crippen molar-refractivity contribution in [2.75, 3.05) is 5.32 Å². The van der Waals surface area contributed by atoms with Gasteiger partial charge in [-0.05, 0) is 31.2 Å². The van der Waals surface area contributed by atoms with Crippen LogP contribution in [0.25, 0.3) is 10.5 Å². The number of nitrogens with one attached hydrogen (secondary N) is 1. The molecule has 21 heavy (non-hydrogen) atoms. The molecule has 106 valence electrons. The predicted octanol–water partition coefficient (Wildman–Crippen LogP) is 3.24. The number of rotatable bonds is 3. The summed E-state index contributed by atoms with van der Waals surface area (Å²) in [4.78, 5) is 26.3. The second kappa shape index (κ2) is 5.77. The number of halogens is 1. The molecule has 0 unspecified atom stereocenters. The lowest BCUT2D eigenvalue weighted by Gasteiger charge is -2.08. The minimum atomic E-state index is -0.356. The number of aromatic nitrogens is 2. The first kappa shape index (κ1) is 14.8. The Bertz CT molecular complexity index is 757. The summed E-state index contributed by atoms with van der Waals surface area (Å²) in [5.41, 5.74) is 0.622. The second-order valence-corrected chi connectivity index (χ2v) is 4.72. The molecule has 1 N–H and O–H groups in total. The monoisotopic (exact) mass is 302 g/mol. The summed E-state index contributed by atoms with van der Waals surface area (Å²) in [6.07, 6.45) is 0. The summed E-state index contributed by atoms with van der Waals surface area (Å²) in [5, 5.41) is 7.22. The van der Waals surface area contributed by atoms with E-state index in [4.69, 9.17) is 18.2 Å². The Morgan fingerprint density at radius 3 is 2.38 bits per heavy atom. The van der Waals surface area contributed by atoms with Crippen molar-refractivity contribution in [2.45, 2.75) is 13.8 Å². The van der Waals surface area contributed by atoms with E-state index in [0.717, 1.165) is 0 Å². The third-order valence-corrected chi connectivity index (χ3v) is 2.92. The SMILES string of the molecule is [C-]#[N+]c1c(C(C)=O)nn(-c2ccc(Cl)cc2)c1NC(C)=O. The number of amides is 1. The number of nitrogens with zero attached hydrogens (tertiary/aromatic N) is 3. The van der Waals surface area contributed by atoms with Crippen LogP contribution in [-0.2, 0) is 4.79 Å². The normalized spacial score (nSPS) is 10.0. The van der Waals surface area contributed by atoms with Crippen LogP contribution >= 0.6 is 11.6 Å². The molecule has 0 bridgehead atoms. The summed E-state index contributed by atoms with van der Waals surface area (Å²) in [5.74, 6) is -0.532. The zero-order chi connectivity index (χ0) is 15.6. The quantitative estimate of drug-likeness (QED) is 0.699. The zero-order valence-electron chi connectivity index (χ0n) is 11.3. The highest BCUT2D eigenvalue weighted by atomic mass is 35.5. The lowest BCUT2D eigenvalue weighted by Crippen LogP contribution is -2.11. The largest absolute Gasteiger partial charge is 0.320 e. The van der Waals surface area contributed by atoms with Gasteiger partial charge in [-0.2, -0.15) is 5.10 Å². The molecule has 1 aromatic heterocycles. The third-order valence-electron chi connectivity index (χ3n) is 2.67. The van der Waals surface area contributed by atoms with Gasteiger partial charge in [-0.25, -0.2) is 9.53 Å². The topological polar surface area (TPSA) is 68.3 Å². The van der Waals surface area contributed by atoms with Crippen LogP contribution in [0.15, 0.2) is 24.3 Å². The molecule has 1 aromatic carbocycles. The van der Waals surface area contributed by atoms with Crippen molar-refractivity contribution in [3.05, 3.63) is 46.4 Å². The summed E-state index contributed by atoms with van der Waals surface area (Å²) < 4.78 is 1.35. The Morgan fingerprint density at radius 1 is 1.29 bits per heavy atom. The van der Waals surface area contributed by atoms with Crippen molar-refractivity contribution in [3.63, 3.8) is 0 Å². The van der Waals surface area contributed by atoms with Gasteiger partial charge in [0.15, 0.2) is 5.78 Å². The van der Waals surface area contributed by atoms with Crippen molar-refractivity contribution in [1.82, 2.24) is 9.78 Å². The smallest absolute Gasteiger partial charge is 0.259 e. The van der Waals surface area contributed by atoms with Crippen LogP contribution in [0.5, 0.6) is 0 Å². The van der Waals surface area contributed by atoms with Crippen LogP contribution < -0.4 is 5.32 Å². The summed E-state index contributed by atoms with van der Waals surface area (Å²) >= 11 is 5.84. The molecule has 6 nitrogen and oxygen atoms in total. The van der Waals surface area contributed by atoms with Crippen molar-refractivity contribution in [2.24, 2.45) is 0 Å². The second-order valence-electron chi connectivity index (χ2n) is 4.28. The molecule has 2 aromatic rings. The lowest BCUT2D eigenvalue weighted by molar-refractivity contribution is -0.114. The molecule has 1 amide bonds. The fraction of sp³-hybridized carbons (Fsp3) is 0.143. The standard InChI is InChI=1S/C14H11ClN4O2/c1-8(20)12-13(16-3)14(17-9(2)21)19(18-12)11-6-4-10(15)5-7-11/h4-7H,1-2H3,(H,17,21). The molecule has 1 heterocycles. The van der Waals surface area contributed by atoms with Crippen LogP contribution in [0, 0.1) is 6.57 Å². The molecule has 0 aliphatic rings. The van der Waals surface area contributed by atoms with Gasteiger partial charge in [-0.3, -0.25) is 9.59 Å². The van der Waals surface area contributed by atoms with Gasteiger partial charge in [0.1, 0.15) is 11.5 Å². The van der Waals surface area contributed by atoms with Gasteiger partial charge in [0.25, 0.3) is 5.69 Å². The summed E-state index contributed by atoms with van der Waals surface area (Å²) in [6.45, 7) is 9.86. The Balaban J connectivity index is 2.69. The minimum absolute atomic E-state index is 0.0173. The molecule has 0 spiro atoms. The van der Waals surface area contributed by atoms with Gasteiger partial charge < -0.3 is 5.32 Å². The number of benzene rings is 1. The highest BCUT2D eigenvalue weighted by molar-refractivity contribution is 6.30. The molecule has 0 saturated heterocycles. The molecular weight excluding hydrogens is 292 g/mol. The Morgan fingerprint density at radius 2 is 1.90 bits per heavy atom. The first-order valence-electron chi connectivity index (χ1n) is 5.99. The van der Waals surface area contributed by atoms with Crippen molar-refractivity contribution >= 4 is 34.8 Å². The Kier molecular flexibility index (Phi) is 4.05. The molecular formula is C14H11ClN4O2. The molecule has 2 rings (SSSR count). The van der Waals surface area contributed by atoms with E-state index in [1.54, 1.807) is 24.3 Å². The first-order valence-corrected chi connectivity index (χ1v) is 6.36. The van der Waals surface area contributed by atoms with E-state index in [-0.39, 0.29) is 28.9 Å². The maximum Gasteiger partial charge on any atom is 0.259 e. The highest BCUT2D eigenvalue weighted by Crippen LogP contribution is 2.32. The van der Waals surface area contributed by atoms with Crippen molar-refractivity contribution in [1.29, 1.82) is 0 Å². The molecule has 0 saturated carbocycles. The van der Waals surface area contributed by atoms with Gasteiger partial charge in [0.05, 0.1) is 12.3 Å². The molecule has 0 fully saturated rings. The van der Waals surface area contributed by atoms with Crippen LogP contribution in [0.4, 0.5) is 11.5 Å². The number of hydrogen-bond donors (Lipinski definition) is 1. The summed E-state index contributed by atoms with van der Waals surface area (Å²) in [7, 11) is 0. The van der Waals surface area contributed by atoms with E-state index in [1.165, 1.54) is 18.5 Å². The Hall–Kier alpha value is -2.65. The van der Waals surface area contributed by atoms with E-state index >= 15 is 0 Å². The number of carbonyl (C=O) groups is 2. The van der Waals surface area contributed by atoms with Gasteiger partial charge in [0.2, 0.25) is 5.91 Å². The van der Waals surface area contributed by atoms with Crippen LogP contribution in [0.1, 0.15) is 24.3 Å². The average molecular weight is 303 g/mol. The molecule has 7 heteroatoms. The third kappa shape index (κ3) is 2.93. The zero-order valence-corrected chi connectivity index (χ0v) is 12.1. The average Bonchev–Trinajstić information content (AvgIpc) is 2.77. The van der Waals surface area contributed by atoms with Gasteiger partial charge in [-0.15, -0.1) is 0 Å². The number of ketones is 1. The Labute approximate surface area is 126 Å². The summed E-state index contributed by atoms with van der Waals surface area (Å²) in [6, 6.07) is 6.67. The van der Waals surface area contributed by atoms with E-state index < -0.39 is 0 Å². The molecule has 0 aliphatic carbocycles. The van der Waals surface area contributed by atoms with E-state index in [2.05, 4.69) is 15.3 Å². The van der Waals surface area contributed by atoms with Crippen molar-refractivity contribution < 1.29 is 9.59 Å². The van der Waals surface area contributed by atoms with Crippen molar-refractivity contribution in [3.8, 4) is 5.69 Å². The highest BCUT2D eigenvalue weighted by Gasteiger charge is 2.22. The van der Waals surface area contributed by atoms with Crippen LogP contribution in [0.3, 0.4) is 0 Å². The van der Waals surface area contributed by atoms with Gasteiger partial charge in [0, 0.05) is 11.9 Å². The number of Topliss-reactive ketones (excluding diaryl/α,β-unsaturated/α-hetero) is 1. The van der Waals surface area contributed by atoms with E-state index in [1.807, 2.05) is 0 Å². The van der Waals surface area contributed by atoms with Crippen LogP contribution in [-0.4, -0.2) is 21.5 Å². The first-order chi connectivity index (χ1) is 9.93. The van der Waals surface area contributed by atoms with Gasteiger partial charge in [-0.1, -0.05) is 11.6 Å². The maximum atomic E-state index is 11.6. The molecule has 0 atom stereocenters. The lowest BCUT2D eigenvalue weighted by atomic mass is 10.2. The number of hydrogen-bond acceptors (Lipinski definition) is 3. The van der Waals surface area contributed by atoms with E-state index in [9.17, 15) is 9.59 Å². The number of carbonyl (C=O) groups excluding carboxylic acids is 2. The number of anilines is 1. The van der Waals surface area contributed by atoms with E-state index in [0.29, 0.717) is 10.7 Å². The molecule has 0 aliphatic heterocycles. The minimum Gasteiger partial charge on any atom is -0.320 e. The van der Waals surface area contributed by atoms with Crippen LogP contribution in [0.2, 0.25) is 5.02 Å². The predicted molar refractivity (Wildman–Crippen MR) is 79.1 cm³/mol.